The molecule has 1 aliphatic heterocycles. The third-order valence-electron chi connectivity index (χ3n) is 4.89. The quantitative estimate of drug-likeness (QED) is 0.625. The molecule has 142 valence electrons. The van der Waals surface area contributed by atoms with E-state index in [1.807, 2.05) is 18.1 Å². The summed E-state index contributed by atoms with van der Waals surface area (Å²) in [5.74, 6) is 0.577. The minimum atomic E-state index is 0.0229. The second-order valence-corrected chi connectivity index (χ2v) is 7.55. The van der Waals surface area contributed by atoms with Crippen molar-refractivity contribution in [2.45, 2.75) is 12.8 Å². The van der Waals surface area contributed by atoms with Crippen LogP contribution in [0.5, 0.6) is 0 Å². The molecule has 1 saturated heterocycles. The SMILES string of the molecule is CC(=O)N1CCNCC(c2nc3c(-c4cnn(C)c4)cnn3c(N)c2Br)C1. The van der Waals surface area contributed by atoms with Gasteiger partial charge in [-0.2, -0.15) is 14.7 Å². The molecular formula is C17H21BrN8O. The van der Waals surface area contributed by atoms with E-state index < -0.39 is 0 Å². The van der Waals surface area contributed by atoms with Crippen LogP contribution in [0.2, 0.25) is 0 Å². The van der Waals surface area contributed by atoms with Gasteiger partial charge in [0.05, 0.1) is 22.6 Å². The number of aromatic nitrogens is 5. The van der Waals surface area contributed by atoms with Gasteiger partial charge in [0.2, 0.25) is 5.91 Å². The van der Waals surface area contributed by atoms with Crippen molar-refractivity contribution in [3.8, 4) is 11.1 Å². The second-order valence-electron chi connectivity index (χ2n) is 6.76. The average molecular weight is 433 g/mol. The molecule has 4 rings (SSSR count). The molecule has 0 bridgehead atoms. The topological polar surface area (TPSA) is 106 Å². The molecule has 3 aromatic rings. The van der Waals surface area contributed by atoms with E-state index in [1.54, 1.807) is 28.5 Å². The molecule has 0 aromatic carbocycles. The Morgan fingerprint density at radius 3 is 2.89 bits per heavy atom. The zero-order valence-corrected chi connectivity index (χ0v) is 16.8. The molecule has 3 N–H and O–H groups in total. The lowest BCUT2D eigenvalue weighted by Crippen LogP contribution is -2.34. The van der Waals surface area contributed by atoms with E-state index in [0.717, 1.165) is 29.9 Å². The minimum absolute atomic E-state index is 0.0229. The molecule has 0 saturated carbocycles. The van der Waals surface area contributed by atoms with Crippen LogP contribution in [0.15, 0.2) is 23.1 Å². The Kier molecular flexibility index (Phi) is 4.60. The normalized spacial score (nSPS) is 18.0. The molecule has 4 heterocycles. The van der Waals surface area contributed by atoms with E-state index in [2.05, 4.69) is 31.4 Å². The number of fused-ring (bicyclic) bond motifs is 1. The molecule has 1 amide bonds. The molecule has 27 heavy (non-hydrogen) atoms. The molecule has 1 aliphatic rings. The summed E-state index contributed by atoms with van der Waals surface area (Å²) in [6.07, 6.45) is 5.45. The molecule has 9 nitrogen and oxygen atoms in total. The number of nitrogens with one attached hydrogen (secondary N) is 1. The van der Waals surface area contributed by atoms with Crippen molar-refractivity contribution < 1.29 is 4.79 Å². The Bertz CT molecular complexity index is 1010. The van der Waals surface area contributed by atoms with E-state index in [1.165, 1.54) is 0 Å². The highest BCUT2D eigenvalue weighted by molar-refractivity contribution is 9.10. The van der Waals surface area contributed by atoms with Crippen LogP contribution in [-0.2, 0) is 11.8 Å². The highest BCUT2D eigenvalue weighted by Crippen LogP contribution is 2.33. The van der Waals surface area contributed by atoms with Gasteiger partial charge < -0.3 is 16.0 Å². The third kappa shape index (κ3) is 3.19. The van der Waals surface area contributed by atoms with Crippen LogP contribution in [-0.4, -0.2) is 61.4 Å². The number of nitrogen functional groups attached to an aromatic ring is 1. The molecule has 1 fully saturated rings. The molecule has 1 atom stereocenters. The molecule has 0 aliphatic carbocycles. The summed E-state index contributed by atoms with van der Waals surface area (Å²) in [6, 6.07) is 0. The third-order valence-corrected chi connectivity index (χ3v) is 5.70. The number of halogens is 1. The Morgan fingerprint density at radius 2 is 2.19 bits per heavy atom. The summed E-state index contributed by atoms with van der Waals surface area (Å²) in [4.78, 5) is 18.7. The number of nitrogens with zero attached hydrogens (tertiary/aromatic N) is 6. The van der Waals surface area contributed by atoms with Crippen LogP contribution < -0.4 is 11.1 Å². The van der Waals surface area contributed by atoms with Crippen molar-refractivity contribution in [3.63, 3.8) is 0 Å². The molecule has 10 heteroatoms. The number of amides is 1. The standard InChI is InChI=1S/C17H21BrN8O/c1-10(27)25-4-3-20-5-12(9-25)15-14(18)16(19)26-17(23-15)13(7-22-26)11-6-21-24(2)8-11/h6-8,12,20H,3-5,9,19H2,1-2H3. The molecular weight excluding hydrogens is 412 g/mol. The van der Waals surface area contributed by atoms with Crippen LogP contribution >= 0.6 is 15.9 Å². The van der Waals surface area contributed by atoms with E-state index in [4.69, 9.17) is 10.7 Å². The predicted molar refractivity (Wildman–Crippen MR) is 105 cm³/mol. The van der Waals surface area contributed by atoms with Crippen LogP contribution in [0.25, 0.3) is 16.8 Å². The van der Waals surface area contributed by atoms with Gasteiger partial charge in [0, 0.05) is 63.4 Å². The number of carbonyl (C=O) groups excluding carboxylic acids is 1. The lowest BCUT2D eigenvalue weighted by molar-refractivity contribution is -0.128. The van der Waals surface area contributed by atoms with Crippen molar-refractivity contribution in [1.29, 1.82) is 0 Å². The number of rotatable bonds is 2. The molecule has 0 radical (unpaired) electrons. The Hall–Kier alpha value is -2.46. The van der Waals surface area contributed by atoms with Crippen molar-refractivity contribution in [3.05, 3.63) is 28.8 Å². The van der Waals surface area contributed by atoms with E-state index >= 15 is 0 Å². The van der Waals surface area contributed by atoms with E-state index in [9.17, 15) is 4.79 Å². The Morgan fingerprint density at radius 1 is 1.37 bits per heavy atom. The summed E-state index contributed by atoms with van der Waals surface area (Å²) >= 11 is 3.59. The van der Waals surface area contributed by atoms with Gasteiger partial charge in [-0.05, 0) is 15.9 Å². The van der Waals surface area contributed by atoms with Gasteiger partial charge in [0.25, 0.3) is 0 Å². The fourth-order valence-electron chi connectivity index (χ4n) is 3.43. The maximum atomic E-state index is 11.9. The highest BCUT2D eigenvalue weighted by atomic mass is 79.9. The first kappa shape index (κ1) is 17.9. The van der Waals surface area contributed by atoms with Gasteiger partial charge in [-0.1, -0.05) is 0 Å². The smallest absolute Gasteiger partial charge is 0.219 e. The fourth-order valence-corrected chi connectivity index (χ4v) is 4.01. The van der Waals surface area contributed by atoms with Gasteiger partial charge in [-0.15, -0.1) is 0 Å². The van der Waals surface area contributed by atoms with Gasteiger partial charge in [-0.25, -0.2) is 4.98 Å². The number of carbonyl (C=O) groups is 1. The van der Waals surface area contributed by atoms with Crippen LogP contribution in [0.4, 0.5) is 5.82 Å². The number of hydrogen-bond donors (Lipinski definition) is 2. The summed E-state index contributed by atoms with van der Waals surface area (Å²) in [5.41, 5.74) is 9.65. The predicted octanol–water partition coefficient (Wildman–Crippen LogP) is 1.01. The Balaban J connectivity index is 1.83. The highest BCUT2D eigenvalue weighted by Gasteiger charge is 2.26. The minimum Gasteiger partial charge on any atom is -0.383 e. The maximum Gasteiger partial charge on any atom is 0.219 e. The zero-order chi connectivity index (χ0) is 19.1. The van der Waals surface area contributed by atoms with Crippen molar-refractivity contribution in [2.75, 3.05) is 31.9 Å². The number of anilines is 1. The number of nitrogens with two attached hydrogens (primary N) is 1. The maximum absolute atomic E-state index is 11.9. The number of hydrogen-bond acceptors (Lipinski definition) is 6. The van der Waals surface area contributed by atoms with E-state index in [0.29, 0.717) is 29.0 Å². The van der Waals surface area contributed by atoms with Crippen LogP contribution in [0, 0.1) is 0 Å². The van der Waals surface area contributed by atoms with Crippen LogP contribution in [0.1, 0.15) is 18.5 Å². The lowest BCUT2D eigenvalue weighted by atomic mass is 10.0. The summed E-state index contributed by atoms with van der Waals surface area (Å²) in [5, 5.41) is 12.0. The van der Waals surface area contributed by atoms with Gasteiger partial charge >= 0.3 is 0 Å². The fraction of sp³-hybridized carbons (Fsp3) is 0.412. The largest absolute Gasteiger partial charge is 0.383 e. The van der Waals surface area contributed by atoms with Gasteiger partial charge in [-0.3, -0.25) is 9.48 Å². The van der Waals surface area contributed by atoms with Crippen molar-refractivity contribution >= 4 is 33.3 Å². The first-order valence-corrected chi connectivity index (χ1v) is 9.53. The van der Waals surface area contributed by atoms with E-state index in [-0.39, 0.29) is 11.8 Å². The summed E-state index contributed by atoms with van der Waals surface area (Å²) in [7, 11) is 1.87. The second kappa shape index (κ2) is 6.93. The lowest BCUT2D eigenvalue weighted by Gasteiger charge is -2.23. The summed E-state index contributed by atoms with van der Waals surface area (Å²) < 4.78 is 4.08. The molecule has 0 spiro atoms. The molecule has 1 unspecified atom stereocenters. The monoisotopic (exact) mass is 432 g/mol. The van der Waals surface area contributed by atoms with Crippen molar-refractivity contribution in [2.24, 2.45) is 7.05 Å². The van der Waals surface area contributed by atoms with Gasteiger partial charge in [0.1, 0.15) is 5.82 Å². The van der Waals surface area contributed by atoms with Crippen molar-refractivity contribution in [1.82, 2.24) is 34.6 Å². The van der Waals surface area contributed by atoms with Crippen LogP contribution in [0.3, 0.4) is 0 Å². The molecule has 3 aromatic heterocycles. The Labute approximate surface area is 164 Å². The first-order chi connectivity index (χ1) is 13.0. The summed E-state index contributed by atoms with van der Waals surface area (Å²) in [6.45, 7) is 4.37. The van der Waals surface area contributed by atoms with Gasteiger partial charge in [0.15, 0.2) is 5.65 Å². The average Bonchev–Trinajstić information content (AvgIpc) is 3.16. The number of aryl methyl sites for hydroxylation is 1. The zero-order valence-electron chi connectivity index (χ0n) is 15.2. The first-order valence-electron chi connectivity index (χ1n) is 8.73.